The summed E-state index contributed by atoms with van der Waals surface area (Å²) in [5, 5.41) is 0. The van der Waals surface area contributed by atoms with Crippen LogP contribution in [0.1, 0.15) is 0 Å². The Balaban J connectivity index is 2.19. The fourth-order valence-corrected chi connectivity index (χ4v) is 0.906. The van der Waals surface area contributed by atoms with Crippen LogP contribution in [0, 0.1) is 0 Å². The van der Waals surface area contributed by atoms with E-state index < -0.39 is 0 Å². The van der Waals surface area contributed by atoms with Gasteiger partial charge >= 0.3 is 0 Å². The second-order valence-electron chi connectivity index (χ2n) is 2.61. The number of likely N-dealkylation sites (N-methyl/N-ethyl adjacent to an activating group) is 1. The minimum absolute atomic E-state index is 1.23. The Bertz CT molecular complexity index is 58.8. The normalized spacial score (nSPS) is 26.1. The van der Waals surface area contributed by atoms with Crippen molar-refractivity contribution < 1.29 is 0 Å². The van der Waals surface area contributed by atoms with Crippen molar-refractivity contribution in [2.75, 3.05) is 33.2 Å². The van der Waals surface area contributed by atoms with E-state index in [2.05, 4.69) is 24.7 Å². The van der Waals surface area contributed by atoms with E-state index in [1.807, 2.05) is 0 Å². The lowest BCUT2D eigenvalue weighted by Gasteiger charge is -2.29. The van der Waals surface area contributed by atoms with Gasteiger partial charge in [0.1, 0.15) is 0 Å². The van der Waals surface area contributed by atoms with Crippen LogP contribution >= 0.6 is 0 Å². The van der Waals surface area contributed by atoms with Crippen LogP contribution in [0.15, 0.2) is 0 Å². The maximum Gasteiger partial charge on any atom is 0.185 e. The first-order valence-corrected chi connectivity index (χ1v) is 3.16. The van der Waals surface area contributed by atoms with Gasteiger partial charge in [0, 0.05) is 13.1 Å². The molecule has 0 aliphatic carbocycles. The van der Waals surface area contributed by atoms with Crippen molar-refractivity contribution in [3.63, 3.8) is 0 Å². The Hall–Kier alpha value is -0.0151. The largest absolute Gasteiger partial charge is 0.346 e. The van der Waals surface area contributed by atoms with Gasteiger partial charge in [0.2, 0.25) is 0 Å². The van der Waals surface area contributed by atoms with Crippen LogP contribution in [0.2, 0.25) is 0 Å². The standard InChI is InChI=1S/C5H13BN2/c1-7-2-4-8(6)5-3-7/h2-6H2,1H3. The molecule has 0 atom stereocenters. The van der Waals surface area contributed by atoms with E-state index in [-0.39, 0.29) is 0 Å². The second-order valence-corrected chi connectivity index (χ2v) is 2.61. The SMILES string of the molecule is BN1CCN(C)CC1. The molecular formula is C5H13BN2. The van der Waals surface area contributed by atoms with E-state index >= 15 is 0 Å². The molecule has 0 unspecified atom stereocenters. The summed E-state index contributed by atoms with van der Waals surface area (Å²) in [4.78, 5) is 4.72. The quantitative estimate of drug-likeness (QED) is 0.362. The first kappa shape index (κ1) is 6.11. The van der Waals surface area contributed by atoms with Gasteiger partial charge in [-0.3, -0.25) is 0 Å². The third-order valence-corrected chi connectivity index (χ3v) is 1.73. The average molecular weight is 112 g/mol. The van der Waals surface area contributed by atoms with Gasteiger partial charge in [-0.25, -0.2) is 0 Å². The Morgan fingerprint density at radius 2 is 1.62 bits per heavy atom. The minimum Gasteiger partial charge on any atom is -0.346 e. The molecule has 8 heavy (non-hydrogen) atoms. The number of hydrogen-bond donors (Lipinski definition) is 0. The fraction of sp³-hybridized carbons (Fsp3) is 1.00. The maximum atomic E-state index is 2.36. The van der Waals surface area contributed by atoms with E-state index in [1.165, 1.54) is 26.2 Å². The summed E-state index contributed by atoms with van der Waals surface area (Å²) in [5.74, 6) is 0. The van der Waals surface area contributed by atoms with Crippen molar-refractivity contribution in [1.82, 2.24) is 9.71 Å². The zero-order valence-corrected chi connectivity index (χ0v) is 5.72. The third-order valence-electron chi connectivity index (χ3n) is 1.73. The van der Waals surface area contributed by atoms with Crippen LogP contribution in [0.5, 0.6) is 0 Å². The number of nitrogens with zero attached hydrogens (tertiary/aromatic N) is 2. The molecule has 0 saturated carbocycles. The summed E-state index contributed by atoms with van der Waals surface area (Å²) < 4.78 is 0. The van der Waals surface area contributed by atoms with Crippen molar-refractivity contribution in [3.8, 4) is 0 Å². The average Bonchev–Trinajstić information content (AvgIpc) is 1.77. The summed E-state index contributed by atoms with van der Waals surface area (Å²) in [6.45, 7) is 4.93. The van der Waals surface area contributed by atoms with Gasteiger partial charge in [0.25, 0.3) is 0 Å². The van der Waals surface area contributed by atoms with Crippen molar-refractivity contribution in [2.24, 2.45) is 0 Å². The van der Waals surface area contributed by atoms with Gasteiger partial charge in [-0.05, 0) is 20.1 Å². The van der Waals surface area contributed by atoms with E-state index in [9.17, 15) is 0 Å². The lowest BCUT2D eigenvalue weighted by atomic mass is 10.2. The zero-order valence-electron chi connectivity index (χ0n) is 5.72. The van der Waals surface area contributed by atoms with Gasteiger partial charge in [-0.15, -0.1) is 0 Å². The number of hydrogen-bond acceptors (Lipinski definition) is 2. The van der Waals surface area contributed by atoms with E-state index in [4.69, 9.17) is 0 Å². The molecule has 1 aliphatic rings. The van der Waals surface area contributed by atoms with Crippen LogP contribution in [0.4, 0.5) is 0 Å². The molecule has 1 fully saturated rings. The molecule has 1 rings (SSSR count). The molecule has 0 aromatic carbocycles. The lowest BCUT2D eigenvalue weighted by molar-refractivity contribution is 0.227. The summed E-state index contributed by atoms with van der Waals surface area (Å²) in [6.07, 6.45) is 0. The molecule has 0 radical (unpaired) electrons. The van der Waals surface area contributed by atoms with Crippen LogP contribution in [0.25, 0.3) is 0 Å². The van der Waals surface area contributed by atoms with Crippen LogP contribution in [0.3, 0.4) is 0 Å². The Morgan fingerprint density at radius 3 is 2.00 bits per heavy atom. The molecule has 0 spiro atoms. The highest BCUT2D eigenvalue weighted by Crippen LogP contribution is 1.92. The first-order chi connectivity index (χ1) is 3.79. The topological polar surface area (TPSA) is 6.48 Å². The Kier molecular flexibility index (Phi) is 1.92. The molecule has 0 bridgehead atoms. The van der Waals surface area contributed by atoms with Gasteiger partial charge in [0.05, 0.1) is 0 Å². The lowest BCUT2D eigenvalue weighted by Crippen LogP contribution is -2.42. The van der Waals surface area contributed by atoms with Crippen LogP contribution in [-0.2, 0) is 0 Å². The monoisotopic (exact) mass is 112 g/mol. The highest BCUT2D eigenvalue weighted by atomic mass is 15.2. The van der Waals surface area contributed by atoms with Crippen LogP contribution < -0.4 is 0 Å². The highest BCUT2D eigenvalue weighted by Gasteiger charge is 2.07. The number of piperazine rings is 1. The predicted octanol–water partition coefficient (Wildman–Crippen LogP) is -1.22. The minimum atomic E-state index is 1.23. The summed E-state index contributed by atoms with van der Waals surface area (Å²) in [5.41, 5.74) is 0. The Morgan fingerprint density at radius 1 is 1.12 bits per heavy atom. The van der Waals surface area contributed by atoms with Crippen molar-refractivity contribution >= 4 is 7.98 Å². The van der Waals surface area contributed by atoms with E-state index in [1.54, 1.807) is 0 Å². The zero-order chi connectivity index (χ0) is 5.98. The highest BCUT2D eigenvalue weighted by molar-refractivity contribution is 6.04. The maximum absolute atomic E-state index is 2.36. The van der Waals surface area contributed by atoms with Crippen molar-refractivity contribution in [3.05, 3.63) is 0 Å². The molecule has 3 heteroatoms. The number of rotatable bonds is 0. The summed E-state index contributed by atoms with van der Waals surface area (Å²) in [7, 11) is 4.35. The third kappa shape index (κ3) is 1.49. The van der Waals surface area contributed by atoms with Gasteiger partial charge in [0.15, 0.2) is 7.98 Å². The van der Waals surface area contributed by atoms with Crippen LogP contribution in [-0.4, -0.2) is 50.9 Å². The molecule has 0 aromatic heterocycles. The van der Waals surface area contributed by atoms with E-state index in [0.717, 1.165) is 0 Å². The predicted molar refractivity (Wildman–Crippen MR) is 37.6 cm³/mol. The summed E-state index contributed by atoms with van der Waals surface area (Å²) >= 11 is 0. The first-order valence-electron chi connectivity index (χ1n) is 3.16. The van der Waals surface area contributed by atoms with E-state index in [0.29, 0.717) is 0 Å². The molecular weight excluding hydrogens is 98.9 g/mol. The van der Waals surface area contributed by atoms with Gasteiger partial charge in [-0.1, -0.05) is 0 Å². The summed E-state index contributed by atoms with van der Waals surface area (Å²) in [6, 6.07) is 0. The van der Waals surface area contributed by atoms with Gasteiger partial charge in [-0.2, -0.15) is 0 Å². The fourth-order valence-electron chi connectivity index (χ4n) is 0.906. The molecule has 1 aliphatic heterocycles. The van der Waals surface area contributed by atoms with Crippen molar-refractivity contribution in [2.45, 2.75) is 0 Å². The molecule has 1 heterocycles. The molecule has 1 saturated heterocycles. The molecule has 0 N–H and O–H groups in total. The smallest absolute Gasteiger partial charge is 0.185 e. The van der Waals surface area contributed by atoms with Gasteiger partial charge < -0.3 is 9.71 Å². The second kappa shape index (κ2) is 2.51. The molecule has 0 amide bonds. The molecule has 0 aromatic rings. The Labute approximate surface area is 51.9 Å². The van der Waals surface area contributed by atoms with Crippen molar-refractivity contribution in [1.29, 1.82) is 0 Å². The molecule has 46 valence electrons. The molecule has 2 nitrogen and oxygen atoms in total.